The normalized spacial score (nSPS) is 10.9. The number of carbonyl (C=O) groups excluding carboxylic acids is 1. The predicted octanol–water partition coefficient (Wildman–Crippen LogP) is 0.368. The average molecular weight is 257 g/mol. The molecule has 0 unspecified atom stereocenters. The summed E-state index contributed by atoms with van der Waals surface area (Å²) in [7, 11) is -3.44. The number of aromatic carboxylic acids is 1. The van der Waals surface area contributed by atoms with Crippen molar-refractivity contribution in [1.29, 1.82) is 0 Å². The van der Waals surface area contributed by atoms with Crippen molar-refractivity contribution < 1.29 is 23.1 Å². The number of hydrogen-bond acceptors (Lipinski definition) is 4. The lowest BCUT2D eigenvalue weighted by Gasteiger charge is -2.07. The van der Waals surface area contributed by atoms with E-state index in [0.717, 1.165) is 6.26 Å². The van der Waals surface area contributed by atoms with Crippen LogP contribution < -0.4 is 5.32 Å². The van der Waals surface area contributed by atoms with Gasteiger partial charge in [0.15, 0.2) is 9.84 Å². The molecule has 1 aromatic rings. The van der Waals surface area contributed by atoms with Gasteiger partial charge < -0.3 is 10.4 Å². The number of nitrogens with one attached hydrogen (secondary N) is 1. The molecule has 0 heterocycles. The summed E-state index contributed by atoms with van der Waals surface area (Å²) in [6, 6.07) is 5.76. The summed E-state index contributed by atoms with van der Waals surface area (Å²) in [4.78, 5) is 22.1. The summed E-state index contributed by atoms with van der Waals surface area (Å²) < 4.78 is 21.7. The van der Waals surface area contributed by atoms with E-state index in [4.69, 9.17) is 5.11 Å². The van der Waals surface area contributed by atoms with Crippen molar-refractivity contribution in [2.24, 2.45) is 0 Å². The Balaban J connectivity index is 2.89. The van der Waals surface area contributed by atoms with Gasteiger partial charge in [-0.25, -0.2) is 13.2 Å². The minimum absolute atomic E-state index is 0.0775. The van der Waals surface area contributed by atoms with Gasteiger partial charge >= 0.3 is 5.97 Å². The van der Waals surface area contributed by atoms with Crippen LogP contribution in [-0.4, -0.2) is 37.4 Å². The van der Waals surface area contributed by atoms with Crippen molar-refractivity contribution in [3.05, 3.63) is 29.8 Å². The van der Waals surface area contributed by atoms with Crippen LogP contribution in [0.2, 0.25) is 0 Å². The maximum atomic E-state index is 11.3. The molecule has 0 atom stereocenters. The summed E-state index contributed by atoms with van der Waals surface area (Å²) in [5, 5.41) is 11.1. The van der Waals surface area contributed by atoms with Crippen LogP contribution in [0.4, 0.5) is 5.69 Å². The Kier molecular flexibility index (Phi) is 3.84. The number of para-hydroxylation sites is 1. The van der Waals surface area contributed by atoms with Gasteiger partial charge in [-0.2, -0.15) is 0 Å². The third kappa shape index (κ3) is 4.23. The maximum absolute atomic E-state index is 11.3. The first kappa shape index (κ1) is 13.2. The largest absolute Gasteiger partial charge is 0.478 e. The van der Waals surface area contributed by atoms with Gasteiger partial charge in [-0.1, -0.05) is 12.1 Å². The monoisotopic (exact) mass is 257 g/mol. The quantitative estimate of drug-likeness (QED) is 0.811. The fourth-order valence-electron chi connectivity index (χ4n) is 1.20. The first-order valence-corrected chi connectivity index (χ1v) is 6.65. The van der Waals surface area contributed by atoms with Gasteiger partial charge in [0.1, 0.15) is 5.75 Å². The van der Waals surface area contributed by atoms with E-state index in [-0.39, 0.29) is 11.3 Å². The number of anilines is 1. The Labute approximate surface area is 98.2 Å². The van der Waals surface area contributed by atoms with E-state index in [1.807, 2.05) is 0 Å². The molecule has 17 heavy (non-hydrogen) atoms. The van der Waals surface area contributed by atoms with Crippen LogP contribution in [-0.2, 0) is 14.6 Å². The fraction of sp³-hybridized carbons (Fsp3) is 0.200. The Hall–Kier alpha value is -1.89. The Morgan fingerprint density at radius 1 is 1.29 bits per heavy atom. The molecule has 1 amide bonds. The van der Waals surface area contributed by atoms with Crippen LogP contribution in [0.15, 0.2) is 24.3 Å². The number of benzene rings is 1. The van der Waals surface area contributed by atoms with E-state index in [1.165, 1.54) is 18.2 Å². The molecule has 0 aliphatic heterocycles. The van der Waals surface area contributed by atoms with Gasteiger partial charge in [-0.15, -0.1) is 0 Å². The zero-order valence-electron chi connectivity index (χ0n) is 9.00. The summed E-state index contributed by atoms with van der Waals surface area (Å²) in [5.41, 5.74) is -0.0111. The van der Waals surface area contributed by atoms with Crippen molar-refractivity contribution >= 4 is 27.4 Å². The smallest absolute Gasteiger partial charge is 0.337 e. The number of carboxylic acid groups (broad SMARTS) is 1. The van der Waals surface area contributed by atoms with Gasteiger partial charge in [0.2, 0.25) is 5.91 Å². The van der Waals surface area contributed by atoms with E-state index in [0.29, 0.717) is 0 Å². The highest BCUT2D eigenvalue weighted by Crippen LogP contribution is 2.14. The number of sulfone groups is 1. The Morgan fingerprint density at radius 2 is 1.88 bits per heavy atom. The lowest BCUT2D eigenvalue weighted by Crippen LogP contribution is -2.23. The first-order valence-electron chi connectivity index (χ1n) is 4.59. The molecule has 92 valence electrons. The lowest BCUT2D eigenvalue weighted by molar-refractivity contribution is -0.113. The predicted molar refractivity (Wildman–Crippen MR) is 61.7 cm³/mol. The summed E-state index contributed by atoms with van der Waals surface area (Å²) in [6.45, 7) is 0. The molecule has 6 nitrogen and oxygen atoms in total. The SMILES string of the molecule is CS(=O)(=O)CC(=O)Nc1ccccc1C(=O)O. The number of rotatable bonds is 4. The third-order valence-electron chi connectivity index (χ3n) is 1.82. The summed E-state index contributed by atoms with van der Waals surface area (Å²) in [5.74, 6) is -2.64. The molecule has 0 aliphatic carbocycles. The molecule has 1 rings (SSSR count). The second-order valence-electron chi connectivity index (χ2n) is 3.47. The van der Waals surface area contributed by atoms with Gasteiger partial charge in [-0.3, -0.25) is 4.79 Å². The summed E-state index contributed by atoms with van der Waals surface area (Å²) >= 11 is 0. The zero-order chi connectivity index (χ0) is 13.1. The number of carbonyl (C=O) groups is 2. The minimum Gasteiger partial charge on any atom is -0.478 e. The van der Waals surface area contributed by atoms with Gasteiger partial charge in [0.25, 0.3) is 0 Å². The van der Waals surface area contributed by atoms with Crippen molar-refractivity contribution in [2.75, 3.05) is 17.3 Å². The van der Waals surface area contributed by atoms with E-state index in [9.17, 15) is 18.0 Å². The van der Waals surface area contributed by atoms with Crippen molar-refractivity contribution in [2.45, 2.75) is 0 Å². The highest BCUT2D eigenvalue weighted by molar-refractivity contribution is 7.91. The number of amides is 1. The van der Waals surface area contributed by atoms with Crippen LogP contribution in [0.3, 0.4) is 0 Å². The van der Waals surface area contributed by atoms with E-state index >= 15 is 0 Å². The van der Waals surface area contributed by atoms with Gasteiger partial charge in [0.05, 0.1) is 11.3 Å². The molecular formula is C10H11NO5S. The lowest BCUT2D eigenvalue weighted by atomic mass is 10.2. The van der Waals surface area contributed by atoms with Gasteiger partial charge in [0, 0.05) is 6.26 Å². The highest BCUT2D eigenvalue weighted by Gasteiger charge is 2.14. The van der Waals surface area contributed by atoms with Crippen LogP contribution in [0.5, 0.6) is 0 Å². The molecule has 0 bridgehead atoms. The van der Waals surface area contributed by atoms with Crippen molar-refractivity contribution in [1.82, 2.24) is 0 Å². The topological polar surface area (TPSA) is 101 Å². The average Bonchev–Trinajstić information content (AvgIpc) is 2.14. The van der Waals surface area contributed by atoms with Crippen LogP contribution >= 0.6 is 0 Å². The third-order valence-corrected chi connectivity index (χ3v) is 2.61. The maximum Gasteiger partial charge on any atom is 0.337 e. The molecule has 0 aliphatic rings. The van der Waals surface area contributed by atoms with Crippen LogP contribution in [0.1, 0.15) is 10.4 Å². The Morgan fingerprint density at radius 3 is 2.41 bits per heavy atom. The Bertz CT molecular complexity index is 550. The second-order valence-corrected chi connectivity index (χ2v) is 5.61. The molecule has 1 aromatic carbocycles. The summed E-state index contributed by atoms with van der Waals surface area (Å²) in [6.07, 6.45) is 0.926. The van der Waals surface area contributed by atoms with E-state index < -0.39 is 27.5 Å². The molecule has 0 radical (unpaired) electrons. The molecule has 0 fully saturated rings. The minimum atomic E-state index is -3.44. The van der Waals surface area contributed by atoms with Crippen molar-refractivity contribution in [3.8, 4) is 0 Å². The molecule has 0 saturated heterocycles. The fourth-order valence-corrected chi connectivity index (χ4v) is 1.75. The highest BCUT2D eigenvalue weighted by atomic mass is 32.2. The van der Waals surface area contributed by atoms with E-state index in [2.05, 4.69) is 5.32 Å². The van der Waals surface area contributed by atoms with Crippen LogP contribution in [0.25, 0.3) is 0 Å². The number of carboxylic acids is 1. The zero-order valence-corrected chi connectivity index (χ0v) is 9.82. The molecule has 0 saturated carbocycles. The van der Waals surface area contributed by atoms with Crippen molar-refractivity contribution in [3.63, 3.8) is 0 Å². The molecule has 0 spiro atoms. The van der Waals surface area contributed by atoms with E-state index in [1.54, 1.807) is 6.07 Å². The molecular weight excluding hydrogens is 246 g/mol. The first-order chi connectivity index (χ1) is 7.79. The van der Waals surface area contributed by atoms with Gasteiger partial charge in [-0.05, 0) is 12.1 Å². The molecule has 7 heteroatoms. The second kappa shape index (κ2) is 4.96. The van der Waals surface area contributed by atoms with Crippen LogP contribution in [0, 0.1) is 0 Å². The molecule has 0 aromatic heterocycles. The molecule has 2 N–H and O–H groups in total. The standard InChI is InChI=1S/C10H11NO5S/c1-17(15,16)6-9(12)11-8-5-3-2-4-7(8)10(13)14/h2-5H,6H2,1H3,(H,11,12)(H,13,14). The number of hydrogen-bond donors (Lipinski definition) is 2.